The molecule has 2 saturated heterocycles. The van der Waals surface area contributed by atoms with Crippen LogP contribution in [0.5, 0.6) is 0 Å². The number of amides is 2. The van der Waals surface area contributed by atoms with Crippen LogP contribution in [0.15, 0.2) is 97.3 Å². The molecule has 9 rings (SSSR count). The number of benzene rings is 3. The van der Waals surface area contributed by atoms with Crippen LogP contribution in [0.1, 0.15) is 65.0 Å². The van der Waals surface area contributed by atoms with E-state index in [0.29, 0.717) is 66.6 Å². The molecule has 2 atom stereocenters. The molecule has 0 spiro atoms. The summed E-state index contributed by atoms with van der Waals surface area (Å²) in [5.41, 5.74) is 8.00. The van der Waals surface area contributed by atoms with Crippen molar-refractivity contribution in [2.75, 3.05) is 49.6 Å². The molecule has 2 fully saturated rings. The lowest BCUT2D eigenvalue weighted by atomic mass is 9.82. The number of allylic oxidation sites excluding steroid dienone is 2. The van der Waals surface area contributed by atoms with E-state index in [1.807, 2.05) is 47.4 Å². The number of fused-ring (bicyclic) bond motifs is 2. The van der Waals surface area contributed by atoms with E-state index in [2.05, 4.69) is 75.7 Å². The highest BCUT2D eigenvalue weighted by atomic mass is 35.5. The molecule has 0 bridgehead atoms. The molecular formula is C44H42Cl2N6O3. The van der Waals surface area contributed by atoms with Gasteiger partial charge in [0.2, 0.25) is 5.91 Å². The normalized spacial score (nSPS) is 20.1. The van der Waals surface area contributed by atoms with Crippen LogP contribution in [0.2, 0.25) is 10.0 Å². The second kappa shape index (κ2) is 14.9. The summed E-state index contributed by atoms with van der Waals surface area (Å²) in [5.74, 6) is 0.799. The minimum absolute atomic E-state index is 0.0274. The highest BCUT2D eigenvalue weighted by molar-refractivity contribution is 6.32. The van der Waals surface area contributed by atoms with Crippen LogP contribution < -0.4 is 10.2 Å². The topological polar surface area (TPSA) is 93.8 Å². The third-order valence-corrected chi connectivity index (χ3v) is 11.9. The van der Waals surface area contributed by atoms with E-state index in [0.717, 1.165) is 63.7 Å². The number of hydrogen-bond acceptors (Lipinski definition) is 6. The van der Waals surface area contributed by atoms with Crippen molar-refractivity contribution < 1.29 is 14.3 Å². The molecular weight excluding hydrogens is 731 g/mol. The van der Waals surface area contributed by atoms with Gasteiger partial charge in [0.05, 0.1) is 17.4 Å². The predicted octanol–water partition coefficient (Wildman–Crippen LogP) is 9.02. The molecule has 5 aromatic rings. The van der Waals surface area contributed by atoms with Crippen molar-refractivity contribution in [3.05, 3.63) is 135 Å². The molecule has 3 aromatic carbocycles. The summed E-state index contributed by atoms with van der Waals surface area (Å²) in [4.78, 5) is 42.8. The number of anilines is 2. The number of aromatic amines is 1. The first-order chi connectivity index (χ1) is 26.9. The number of nitrogens with zero attached hydrogens (tertiary/aromatic N) is 4. The molecule has 55 heavy (non-hydrogen) atoms. The van der Waals surface area contributed by atoms with Gasteiger partial charge in [0.1, 0.15) is 5.69 Å². The van der Waals surface area contributed by atoms with Gasteiger partial charge in [-0.15, -0.1) is 0 Å². The zero-order chi connectivity index (χ0) is 37.6. The quantitative estimate of drug-likeness (QED) is 0.179. The minimum atomic E-state index is -0.276. The van der Waals surface area contributed by atoms with Gasteiger partial charge < -0.3 is 29.7 Å². The summed E-state index contributed by atoms with van der Waals surface area (Å²) in [6.45, 7) is 5.97. The smallest absolute Gasteiger partial charge is 0.272 e. The number of carbonyl (C=O) groups excluding carboxylic acids is 2. The highest BCUT2D eigenvalue weighted by Gasteiger charge is 2.40. The van der Waals surface area contributed by atoms with Crippen molar-refractivity contribution in [2.24, 2.45) is 11.8 Å². The molecule has 2 N–H and O–H groups in total. The molecule has 4 aliphatic rings. The zero-order valence-corrected chi connectivity index (χ0v) is 32.1. The Bertz CT molecular complexity index is 2330. The number of ether oxygens (including phenoxy) is 1. The monoisotopic (exact) mass is 772 g/mol. The summed E-state index contributed by atoms with van der Waals surface area (Å²) in [5, 5.41) is 5.46. The maximum absolute atomic E-state index is 14.9. The Morgan fingerprint density at radius 3 is 2.44 bits per heavy atom. The second-order valence-corrected chi connectivity index (χ2v) is 15.7. The fraction of sp³-hybridized carbons (Fsp3) is 0.295. The lowest BCUT2D eigenvalue weighted by Gasteiger charge is -2.39. The van der Waals surface area contributed by atoms with Gasteiger partial charge in [-0.2, -0.15) is 0 Å². The Balaban J connectivity index is 1.13. The lowest BCUT2D eigenvalue weighted by molar-refractivity contribution is -0.138. The molecule has 2 aromatic heterocycles. The van der Waals surface area contributed by atoms with E-state index in [4.69, 9.17) is 32.9 Å². The number of rotatable bonds is 6. The van der Waals surface area contributed by atoms with Gasteiger partial charge in [0, 0.05) is 84.2 Å². The summed E-state index contributed by atoms with van der Waals surface area (Å²) in [7, 11) is 0. The van der Waals surface area contributed by atoms with Crippen LogP contribution in [0, 0.1) is 11.8 Å². The number of aromatic nitrogens is 2. The summed E-state index contributed by atoms with van der Waals surface area (Å²) >= 11 is 13.3. The van der Waals surface area contributed by atoms with Gasteiger partial charge in [-0.1, -0.05) is 78.7 Å². The average Bonchev–Trinajstić information content (AvgIpc) is 3.51. The third-order valence-electron chi connectivity index (χ3n) is 11.5. The minimum Gasteiger partial charge on any atom is -0.381 e. The van der Waals surface area contributed by atoms with Crippen LogP contribution in [0.4, 0.5) is 11.5 Å². The van der Waals surface area contributed by atoms with Crippen LogP contribution in [-0.2, 0) is 9.53 Å². The molecule has 0 radical (unpaired) electrons. The van der Waals surface area contributed by atoms with Gasteiger partial charge in [-0.3, -0.25) is 9.59 Å². The molecule has 6 heterocycles. The first kappa shape index (κ1) is 35.6. The van der Waals surface area contributed by atoms with Gasteiger partial charge in [0.15, 0.2) is 5.82 Å². The predicted molar refractivity (Wildman–Crippen MR) is 219 cm³/mol. The lowest BCUT2D eigenvalue weighted by Crippen LogP contribution is -2.51. The van der Waals surface area contributed by atoms with Crippen molar-refractivity contribution in [3.8, 4) is 0 Å². The van der Waals surface area contributed by atoms with E-state index >= 15 is 0 Å². The van der Waals surface area contributed by atoms with Gasteiger partial charge >= 0.3 is 0 Å². The van der Waals surface area contributed by atoms with Gasteiger partial charge in [-0.25, -0.2) is 4.98 Å². The average molecular weight is 774 g/mol. The first-order valence-corrected chi connectivity index (χ1v) is 19.8. The van der Waals surface area contributed by atoms with Crippen LogP contribution in [0.25, 0.3) is 22.2 Å². The van der Waals surface area contributed by atoms with Crippen LogP contribution in [0.3, 0.4) is 0 Å². The number of carbonyl (C=O) groups is 2. The summed E-state index contributed by atoms with van der Waals surface area (Å²) in [6.07, 6.45) is 8.51. The molecule has 9 nitrogen and oxygen atoms in total. The fourth-order valence-corrected chi connectivity index (χ4v) is 9.17. The van der Waals surface area contributed by atoms with Crippen molar-refractivity contribution >= 4 is 68.7 Å². The highest BCUT2D eigenvalue weighted by Crippen LogP contribution is 2.53. The Morgan fingerprint density at radius 2 is 1.67 bits per heavy atom. The molecule has 2 amide bonds. The Kier molecular flexibility index (Phi) is 9.62. The molecule has 2 unspecified atom stereocenters. The second-order valence-electron chi connectivity index (χ2n) is 14.8. The maximum atomic E-state index is 14.9. The van der Waals surface area contributed by atoms with E-state index in [1.165, 1.54) is 0 Å². The van der Waals surface area contributed by atoms with Crippen molar-refractivity contribution in [1.82, 2.24) is 19.8 Å². The number of H-pyrrole nitrogens is 1. The number of piperazine rings is 1. The molecule has 0 saturated carbocycles. The maximum Gasteiger partial charge on any atom is 0.272 e. The van der Waals surface area contributed by atoms with E-state index < -0.39 is 0 Å². The fourth-order valence-electron chi connectivity index (χ4n) is 8.82. The van der Waals surface area contributed by atoms with Gasteiger partial charge in [0.25, 0.3) is 5.91 Å². The van der Waals surface area contributed by atoms with E-state index in [-0.39, 0.29) is 29.7 Å². The Hall–Kier alpha value is -5.09. The third kappa shape index (κ3) is 6.58. The SMILES string of the molecule is CC1CC=CN2C(=C1c1ccccc1)c1c(C(=O)Nc3cccnc3N3CCN(C(=O)C4CCOCC4)CC3)[nH]c3cc(Cl)cc(c13)C2c1ccc(Cl)cc1. The van der Waals surface area contributed by atoms with Crippen LogP contribution in [-0.4, -0.2) is 71.0 Å². The van der Waals surface area contributed by atoms with E-state index in [1.54, 1.807) is 6.20 Å². The van der Waals surface area contributed by atoms with E-state index in [9.17, 15) is 9.59 Å². The molecule has 4 aliphatic heterocycles. The Labute approximate surface area is 330 Å². The number of hydrogen-bond donors (Lipinski definition) is 2. The van der Waals surface area contributed by atoms with Crippen LogP contribution >= 0.6 is 23.2 Å². The Morgan fingerprint density at radius 1 is 0.909 bits per heavy atom. The summed E-state index contributed by atoms with van der Waals surface area (Å²) in [6, 6.07) is 25.9. The number of halogens is 2. The largest absolute Gasteiger partial charge is 0.381 e. The molecule has 11 heteroatoms. The molecule has 280 valence electrons. The first-order valence-electron chi connectivity index (χ1n) is 19.1. The molecule has 0 aliphatic carbocycles. The zero-order valence-electron chi connectivity index (χ0n) is 30.6. The standard InChI is InChI=1S/C44H42Cl2N6O3/c1-27-7-6-18-52-40(29-11-13-31(45)14-12-29)33-25-32(46)26-35-37(33)38(41(52)36(27)28-8-3-2-4-9-28)39(48-35)43(53)49-34-10-5-17-47-42(34)50-19-21-51(22-20-50)44(54)30-15-23-55-24-16-30/h2-6,8-14,17-18,25-27,30,40,48H,7,15-16,19-24H2,1H3,(H,49,53). The van der Waals surface area contributed by atoms with Crippen molar-refractivity contribution in [1.29, 1.82) is 0 Å². The van der Waals surface area contributed by atoms with Gasteiger partial charge in [-0.05, 0) is 83.8 Å². The number of nitrogens with one attached hydrogen (secondary N) is 2. The number of pyridine rings is 1. The summed E-state index contributed by atoms with van der Waals surface area (Å²) < 4.78 is 5.48. The van der Waals surface area contributed by atoms with Crippen molar-refractivity contribution in [3.63, 3.8) is 0 Å². The van der Waals surface area contributed by atoms with Crippen molar-refractivity contribution in [2.45, 2.75) is 32.2 Å².